The highest BCUT2D eigenvalue weighted by molar-refractivity contribution is 5.97. The number of carbonyl (C=O) groups excluding carboxylic acids is 1. The van der Waals surface area contributed by atoms with Crippen LogP contribution in [-0.4, -0.2) is 49.1 Å². The predicted octanol–water partition coefficient (Wildman–Crippen LogP) is 2.82. The van der Waals surface area contributed by atoms with Gasteiger partial charge in [0.05, 0.1) is 11.3 Å². The standard InChI is InChI=1S/C20H18N6O2/c27-20(15-5-1-3-7-17(15)26-13-21-23-24-26)25-11-9-14(10-12-25)19-22-16-6-2-4-8-18(16)28-19/h1-8,13-14H,9-12H2. The highest BCUT2D eigenvalue weighted by atomic mass is 16.3. The number of fused-ring (bicyclic) bond motifs is 1. The lowest BCUT2D eigenvalue weighted by molar-refractivity contribution is 0.0706. The Morgan fingerprint density at radius 3 is 2.61 bits per heavy atom. The zero-order valence-corrected chi connectivity index (χ0v) is 15.1. The molecule has 0 N–H and O–H groups in total. The number of oxazole rings is 1. The second-order valence-corrected chi connectivity index (χ2v) is 6.86. The number of likely N-dealkylation sites (tertiary alicyclic amines) is 1. The zero-order chi connectivity index (χ0) is 18.9. The van der Waals surface area contributed by atoms with Crippen molar-refractivity contribution in [3.05, 3.63) is 66.3 Å². The molecule has 0 radical (unpaired) electrons. The molecule has 5 rings (SSSR count). The molecule has 28 heavy (non-hydrogen) atoms. The van der Waals surface area contributed by atoms with E-state index in [9.17, 15) is 4.79 Å². The molecule has 0 atom stereocenters. The van der Waals surface area contributed by atoms with Crippen LogP contribution in [0.1, 0.15) is 35.0 Å². The van der Waals surface area contributed by atoms with Crippen molar-refractivity contribution < 1.29 is 9.21 Å². The van der Waals surface area contributed by atoms with E-state index < -0.39 is 0 Å². The first kappa shape index (κ1) is 16.6. The SMILES string of the molecule is O=C(c1ccccc1-n1cnnn1)N1CCC(c2nc3ccccc3o2)CC1. The number of amides is 1. The summed E-state index contributed by atoms with van der Waals surface area (Å²) < 4.78 is 7.43. The van der Waals surface area contributed by atoms with Crippen LogP contribution in [-0.2, 0) is 0 Å². The number of aromatic nitrogens is 5. The number of hydrogen-bond acceptors (Lipinski definition) is 6. The van der Waals surface area contributed by atoms with E-state index in [2.05, 4.69) is 20.5 Å². The predicted molar refractivity (Wildman–Crippen MR) is 101 cm³/mol. The Labute approximate surface area is 160 Å². The van der Waals surface area contributed by atoms with Crippen LogP contribution in [0.5, 0.6) is 0 Å². The fourth-order valence-electron chi connectivity index (χ4n) is 3.69. The molecule has 4 aromatic rings. The minimum Gasteiger partial charge on any atom is -0.440 e. The number of rotatable bonds is 3. The molecule has 140 valence electrons. The Bertz CT molecular complexity index is 1080. The first-order valence-electron chi connectivity index (χ1n) is 9.27. The Hall–Kier alpha value is -3.55. The van der Waals surface area contributed by atoms with Crippen LogP contribution in [0, 0.1) is 0 Å². The van der Waals surface area contributed by atoms with Gasteiger partial charge >= 0.3 is 0 Å². The fourth-order valence-corrected chi connectivity index (χ4v) is 3.69. The number of nitrogens with zero attached hydrogens (tertiary/aromatic N) is 6. The molecule has 1 aliphatic rings. The van der Waals surface area contributed by atoms with E-state index in [4.69, 9.17) is 4.42 Å². The van der Waals surface area contributed by atoms with Gasteiger partial charge in [-0.05, 0) is 47.5 Å². The lowest BCUT2D eigenvalue weighted by atomic mass is 9.96. The molecule has 2 aromatic heterocycles. The molecule has 2 aromatic carbocycles. The summed E-state index contributed by atoms with van der Waals surface area (Å²) in [6.07, 6.45) is 3.14. The first-order valence-corrected chi connectivity index (χ1v) is 9.27. The van der Waals surface area contributed by atoms with Crippen molar-refractivity contribution >= 4 is 17.0 Å². The Kier molecular flexibility index (Phi) is 4.08. The number of benzene rings is 2. The van der Waals surface area contributed by atoms with Gasteiger partial charge in [0.2, 0.25) is 0 Å². The molecule has 1 fully saturated rings. The van der Waals surface area contributed by atoms with E-state index in [0.717, 1.165) is 29.8 Å². The fraction of sp³-hybridized carbons (Fsp3) is 0.250. The van der Waals surface area contributed by atoms with E-state index in [1.807, 2.05) is 53.4 Å². The maximum absolute atomic E-state index is 13.1. The smallest absolute Gasteiger partial charge is 0.256 e. The zero-order valence-electron chi connectivity index (χ0n) is 15.1. The van der Waals surface area contributed by atoms with E-state index in [0.29, 0.717) is 24.3 Å². The molecular weight excluding hydrogens is 356 g/mol. The molecule has 1 amide bonds. The molecule has 8 heteroatoms. The third-order valence-electron chi connectivity index (χ3n) is 5.17. The van der Waals surface area contributed by atoms with E-state index in [-0.39, 0.29) is 11.8 Å². The molecule has 3 heterocycles. The van der Waals surface area contributed by atoms with Gasteiger partial charge in [-0.3, -0.25) is 4.79 Å². The lowest BCUT2D eigenvalue weighted by Crippen LogP contribution is -2.38. The van der Waals surface area contributed by atoms with Gasteiger partial charge < -0.3 is 9.32 Å². The Morgan fingerprint density at radius 1 is 1.04 bits per heavy atom. The number of carbonyl (C=O) groups is 1. The van der Waals surface area contributed by atoms with Crippen molar-refractivity contribution in [3.63, 3.8) is 0 Å². The Balaban J connectivity index is 1.33. The first-order chi connectivity index (χ1) is 13.8. The van der Waals surface area contributed by atoms with Gasteiger partial charge in [0, 0.05) is 19.0 Å². The van der Waals surface area contributed by atoms with Crippen molar-refractivity contribution in [2.24, 2.45) is 0 Å². The summed E-state index contributed by atoms with van der Waals surface area (Å²) in [4.78, 5) is 19.6. The van der Waals surface area contributed by atoms with Gasteiger partial charge in [-0.25, -0.2) is 4.98 Å². The maximum Gasteiger partial charge on any atom is 0.256 e. The van der Waals surface area contributed by atoms with Crippen molar-refractivity contribution in [3.8, 4) is 5.69 Å². The number of piperidine rings is 1. The third-order valence-corrected chi connectivity index (χ3v) is 5.17. The summed E-state index contributed by atoms with van der Waals surface area (Å²) in [5, 5.41) is 11.2. The van der Waals surface area contributed by atoms with E-state index in [1.54, 1.807) is 0 Å². The molecule has 1 aliphatic heterocycles. The summed E-state index contributed by atoms with van der Waals surface area (Å²) in [5.41, 5.74) is 2.96. The van der Waals surface area contributed by atoms with Gasteiger partial charge in [0.15, 0.2) is 11.5 Å². The van der Waals surface area contributed by atoms with Crippen LogP contribution in [0.25, 0.3) is 16.8 Å². The highest BCUT2D eigenvalue weighted by Gasteiger charge is 2.28. The van der Waals surface area contributed by atoms with Gasteiger partial charge in [-0.2, -0.15) is 4.68 Å². The lowest BCUT2D eigenvalue weighted by Gasteiger charge is -2.31. The average Bonchev–Trinajstić information content (AvgIpc) is 3.43. The molecule has 0 spiro atoms. The molecular formula is C20H18N6O2. The van der Waals surface area contributed by atoms with Crippen LogP contribution < -0.4 is 0 Å². The third kappa shape index (κ3) is 2.92. The van der Waals surface area contributed by atoms with Gasteiger partial charge in [0.25, 0.3) is 5.91 Å². The van der Waals surface area contributed by atoms with Crippen LogP contribution in [0.2, 0.25) is 0 Å². The monoisotopic (exact) mass is 374 g/mol. The quantitative estimate of drug-likeness (QED) is 0.548. The summed E-state index contributed by atoms with van der Waals surface area (Å²) >= 11 is 0. The number of hydrogen-bond donors (Lipinski definition) is 0. The van der Waals surface area contributed by atoms with Crippen molar-refractivity contribution in [2.45, 2.75) is 18.8 Å². The van der Waals surface area contributed by atoms with Crippen LogP contribution in [0.3, 0.4) is 0 Å². The number of tetrazole rings is 1. The van der Waals surface area contributed by atoms with Gasteiger partial charge in [0.1, 0.15) is 11.8 Å². The highest BCUT2D eigenvalue weighted by Crippen LogP contribution is 2.30. The van der Waals surface area contributed by atoms with Crippen molar-refractivity contribution in [2.75, 3.05) is 13.1 Å². The molecule has 8 nitrogen and oxygen atoms in total. The summed E-state index contributed by atoms with van der Waals surface area (Å²) in [5.74, 6) is 0.982. The largest absolute Gasteiger partial charge is 0.440 e. The second-order valence-electron chi connectivity index (χ2n) is 6.86. The van der Waals surface area contributed by atoms with Crippen LogP contribution >= 0.6 is 0 Å². The summed E-state index contributed by atoms with van der Waals surface area (Å²) in [6, 6.07) is 15.2. The van der Waals surface area contributed by atoms with Crippen molar-refractivity contribution in [1.29, 1.82) is 0 Å². The van der Waals surface area contributed by atoms with Gasteiger partial charge in [-0.15, -0.1) is 5.10 Å². The topological polar surface area (TPSA) is 89.9 Å². The normalized spacial score (nSPS) is 15.2. The van der Waals surface area contributed by atoms with E-state index in [1.165, 1.54) is 11.0 Å². The van der Waals surface area contributed by atoms with Crippen molar-refractivity contribution in [1.82, 2.24) is 30.1 Å². The summed E-state index contributed by atoms with van der Waals surface area (Å²) in [6.45, 7) is 1.32. The molecule has 0 saturated carbocycles. The minimum absolute atomic E-state index is 0.0119. The summed E-state index contributed by atoms with van der Waals surface area (Å²) in [7, 11) is 0. The van der Waals surface area contributed by atoms with E-state index >= 15 is 0 Å². The van der Waals surface area contributed by atoms with Crippen LogP contribution in [0.15, 0.2) is 59.3 Å². The molecule has 0 unspecified atom stereocenters. The van der Waals surface area contributed by atoms with Crippen LogP contribution in [0.4, 0.5) is 0 Å². The minimum atomic E-state index is -0.0119. The average molecular weight is 374 g/mol. The van der Waals surface area contributed by atoms with Gasteiger partial charge in [-0.1, -0.05) is 24.3 Å². The molecule has 0 bridgehead atoms. The maximum atomic E-state index is 13.1. The second kappa shape index (κ2) is 6.88. The molecule has 1 saturated heterocycles. The Morgan fingerprint density at radius 2 is 1.82 bits per heavy atom. The number of para-hydroxylation sites is 3. The molecule has 0 aliphatic carbocycles.